The zero-order chi connectivity index (χ0) is 41.5. The van der Waals surface area contributed by atoms with E-state index in [4.69, 9.17) is 0 Å². The van der Waals surface area contributed by atoms with E-state index in [9.17, 15) is 28.8 Å². The molecule has 0 radical (unpaired) electrons. The molecule has 1 atom stereocenters. The molecule has 3 fully saturated rings. The SMILES string of the molecule is Cc1cccc(C(=O)NC2CC(n3cnc4c(NCc5cccc(N6CCN(C(=O)CNc7ccc8c(c7)C(=O)N([C@H]7CCC(=O)NC7=O)C8=O)CC6)c5)ncnc43)C2)n1. The highest BCUT2D eigenvalue weighted by Gasteiger charge is 2.44. The van der Waals surface area contributed by atoms with Crippen LogP contribution < -0.4 is 26.2 Å². The van der Waals surface area contributed by atoms with E-state index in [0.717, 1.165) is 40.3 Å². The minimum atomic E-state index is -1.04. The lowest BCUT2D eigenvalue weighted by atomic mass is 9.86. The number of aromatic nitrogens is 5. The third-order valence-corrected chi connectivity index (χ3v) is 11.6. The number of piperazine rings is 1. The molecular formula is C42H42N12O6. The minimum Gasteiger partial charge on any atom is -0.376 e. The molecule has 0 spiro atoms. The third kappa shape index (κ3) is 7.46. The Bertz CT molecular complexity index is 2560. The molecule has 6 amide bonds. The van der Waals surface area contributed by atoms with E-state index in [0.29, 0.717) is 55.4 Å². The maximum atomic E-state index is 13.2. The molecular weight excluding hydrogens is 769 g/mol. The summed E-state index contributed by atoms with van der Waals surface area (Å²) in [6.07, 6.45) is 4.97. The molecule has 4 aliphatic rings. The van der Waals surface area contributed by atoms with Gasteiger partial charge in [0.25, 0.3) is 17.7 Å². The number of pyridine rings is 1. The Morgan fingerprint density at radius 2 is 1.67 bits per heavy atom. The maximum Gasteiger partial charge on any atom is 0.270 e. The Kier molecular flexibility index (Phi) is 10.1. The van der Waals surface area contributed by atoms with Gasteiger partial charge in [-0.2, -0.15) is 0 Å². The second kappa shape index (κ2) is 15.8. The van der Waals surface area contributed by atoms with Crippen molar-refractivity contribution in [1.82, 2.24) is 44.9 Å². The number of rotatable bonds is 11. The minimum absolute atomic E-state index is 0.000685. The molecule has 306 valence electrons. The van der Waals surface area contributed by atoms with Crippen molar-refractivity contribution in [2.45, 2.75) is 57.3 Å². The summed E-state index contributed by atoms with van der Waals surface area (Å²) in [5.41, 5.74) is 5.55. The number of imidazole rings is 1. The molecule has 18 nitrogen and oxygen atoms in total. The highest BCUT2D eigenvalue weighted by atomic mass is 16.2. The van der Waals surface area contributed by atoms with Crippen molar-refractivity contribution in [3.05, 3.63) is 101 Å². The monoisotopic (exact) mass is 810 g/mol. The smallest absolute Gasteiger partial charge is 0.270 e. The average molecular weight is 811 g/mol. The lowest BCUT2D eigenvalue weighted by Crippen LogP contribution is -2.54. The Morgan fingerprint density at radius 1 is 0.867 bits per heavy atom. The van der Waals surface area contributed by atoms with Crippen LogP contribution in [-0.2, 0) is 20.9 Å². The Balaban J connectivity index is 0.750. The van der Waals surface area contributed by atoms with Gasteiger partial charge in [-0.1, -0.05) is 18.2 Å². The number of nitrogens with one attached hydrogen (secondary N) is 4. The summed E-state index contributed by atoms with van der Waals surface area (Å²) in [5, 5.41) is 11.8. The van der Waals surface area contributed by atoms with Crippen LogP contribution in [0.5, 0.6) is 0 Å². The molecule has 0 bridgehead atoms. The summed E-state index contributed by atoms with van der Waals surface area (Å²) in [6.45, 7) is 4.72. The second-order valence-corrected chi connectivity index (χ2v) is 15.5. The summed E-state index contributed by atoms with van der Waals surface area (Å²) < 4.78 is 2.05. The fourth-order valence-electron chi connectivity index (χ4n) is 8.24. The van der Waals surface area contributed by atoms with Crippen LogP contribution in [0.4, 0.5) is 17.2 Å². The fraction of sp³-hybridized carbons (Fsp3) is 0.333. The molecule has 0 unspecified atom stereocenters. The van der Waals surface area contributed by atoms with Gasteiger partial charge in [-0.05, 0) is 74.2 Å². The van der Waals surface area contributed by atoms with Crippen LogP contribution in [0.3, 0.4) is 0 Å². The molecule has 5 aromatic rings. The number of fused-ring (bicyclic) bond motifs is 2. The summed E-state index contributed by atoms with van der Waals surface area (Å²) in [6, 6.07) is 17.5. The Labute approximate surface area is 343 Å². The lowest BCUT2D eigenvalue weighted by Gasteiger charge is -2.36. The number of nitrogens with zero attached hydrogens (tertiary/aromatic N) is 8. The standard InChI is InChI=1S/C42H42N12O6/c1-24-4-2-7-32(48-24)39(57)49-27-17-29(18-27)53-23-47-36-37(45-22-46-38(36)53)44-20-25-5-3-6-28(16-25)51-12-14-52(15-13-51)35(56)21-43-26-8-9-30-31(19-26)42(60)54(41(30)59)33-10-11-34(55)50-40(33)58/h2-9,16,19,22-23,27,29,33,43H,10-15,17-18,20-21H2,1H3,(H,49,57)(H,44,45,46)(H,50,55,58)/t27?,29?,33-/m0/s1. The largest absolute Gasteiger partial charge is 0.376 e. The van der Waals surface area contributed by atoms with Crippen molar-refractivity contribution in [1.29, 1.82) is 0 Å². The lowest BCUT2D eigenvalue weighted by molar-refractivity contribution is -0.136. The van der Waals surface area contributed by atoms with E-state index in [2.05, 4.69) is 62.8 Å². The summed E-state index contributed by atoms with van der Waals surface area (Å²) >= 11 is 0. The van der Waals surface area contributed by atoms with Gasteiger partial charge in [0.15, 0.2) is 11.5 Å². The first kappa shape index (κ1) is 38.3. The van der Waals surface area contributed by atoms with E-state index in [-0.39, 0.29) is 54.4 Å². The first-order chi connectivity index (χ1) is 29.1. The number of benzene rings is 2. The molecule has 9 rings (SSSR count). The maximum absolute atomic E-state index is 13.2. The predicted molar refractivity (Wildman–Crippen MR) is 218 cm³/mol. The Hall–Kier alpha value is -7.24. The van der Waals surface area contributed by atoms with Crippen molar-refractivity contribution in [3.8, 4) is 0 Å². The van der Waals surface area contributed by atoms with E-state index in [1.807, 2.05) is 31.2 Å². The van der Waals surface area contributed by atoms with Crippen LogP contribution in [0.1, 0.15) is 74.2 Å². The molecule has 2 aromatic carbocycles. The average Bonchev–Trinajstić information content (AvgIpc) is 3.78. The van der Waals surface area contributed by atoms with Crippen molar-refractivity contribution in [2.75, 3.05) is 48.3 Å². The van der Waals surface area contributed by atoms with Gasteiger partial charge >= 0.3 is 0 Å². The number of aryl methyl sites for hydroxylation is 1. The van der Waals surface area contributed by atoms with Gasteiger partial charge in [0, 0.05) is 68.3 Å². The second-order valence-electron chi connectivity index (χ2n) is 15.5. The first-order valence-electron chi connectivity index (χ1n) is 20.0. The zero-order valence-corrected chi connectivity index (χ0v) is 32.8. The van der Waals surface area contributed by atoms with Gasteiger partial charge in [0.1, 0.15) is 23.6 Å². The van der Waals surface area contributed by atoms with Crippen LogP contribution in [-0.4, -0.2) is 115 Å². The van der Waals surface area contributed by atoms with Gasteiger partial charge in [-0.15, -0.1) is 0 Å². The van der Waals surface area contributed by atoms with E-state index in [1.165, 1.54) is 18.5 Å². The van der Waals surface area contributed by atoms with Crippen LogP contribution >= 0.6 is 0 Å². The molecule has 3 aromatic heterocycles. The van der Waals surface area contributed by atoms with Gasteiger partial charge in [0.2, 0.25) is 17.7 Å². The number of anilines is 3. The molecule has 6 heterocycles. The normalized spacial score (nSPS) is 20.1. The highest BCUT2D eigenvalue weighted by Crippen LogP contribution is 2.35. The molecule has 1 aliphatic carbocycles. The number of carbonyl (C=O) groups excluding carboxylic acids is 6. The van der Waals surface area contributed by atoms with Crippen LogP contribution in [0, 0.1) is 6.92 Å². The molecule has 1 saturated carbocycles. The number of hydrogen-bond acceptors (Lipinski definition) is 13. The summed E-state index contributed by atoms with van der Waals surface area (Å²) in [7, 11) is 0. The van der Waals surface area contributed by atoms with Crippen LogP contribution in [0.25, 0.3) is 11.2 Å². The number of imide groups is 2. The van der Waals surface area contributed by atoms with E-state index in [1.54, 1.807) is 23.4 Å². The van der Waals surface area contributed by atoms with Gasteiger partial charge < -0.3 is 30.3 Å². The Morgan fingerprint density at radius 3 is 2.47 bits per heavy atom. The zero-order valence-electron chi connectivity index (χ0n) is 32.8. The molecule has 18 heteroatoms. The highest BCUT2D eigenvalue weighted by molar-refractivity contribution is 6.23. The van der Waals surface area contributed by atoms with Crippen LogP contribution in [0.15, 0.2) is 73.3 Å². The number of piperidine rings is 1. The number of hydrogen-bond donors (Lipinski definition) is 4. The van der Waals surface area contributed by atoms with Gasteiger partial charge in [-0.25, -0.2) is 19.9 Å². The number of carbonyl (C=O) groups is 6. The van der Waals surface area contributed by atoms with Crippen LogP contribution in [0.2, 0.25) is 0 Å². The van der Waals surface area contributed by atoms with Crippen molar-refractivity contribution < 1.29 is 28.8 Å². The quantitative estimate of drug-likeness (QED) is 0.141. The van der Waals surface area contributed by atoms with Gasteiger partial charge in [-0.3, -0.25) is 39.0 Å². The predicted octanol–water partition coefficient (Wildman–Crippen LogP) is 2.44. The molecule has 3 aliphatic heterocycles. The summed E-state index contributed by atoms with van der Waals surface area (Å²) in [5.74, 6) is -1.92. The van der Waals surface area contributed by atoms with Crippen molar-refractivity contribution >= 4 is 63.8 Å². The van der Waals surface area contributed by atoms with Gasteiger partial charge in [0.05, 0.1) is 24.0 Å². The van der Waals surface area contributed by atoms with E-state index < -0.39 is 29.7 Å². The van der Waals surface area contributed by atoms with E-state index >= 15 is 0 Å². The van der Waals surface area contributed by atoms with Crippen molar-refractivity contribution in [3.63, 3.8) is 0 Å². The topological polar surface area (TPSA) is 217 Å². The first-order valence-corrected chi connectivity index (χ1v) is 20.0. The molecule has 4 N–H and O–H groups in total. The molecule has 2 saturated heterocycles. The molecule has 60 heavy (non-hydrogen) atoms. The number of amides is 6. The summed E-state index contributed by atoms with van der Waals surface area (Å²) in [4.78, 5) is 99.0. The fourth-order valence-corrected chi connectivity index (χ4v) is 8.24. The third-order valence-electron chi connectivity index (χ3n) is 11.6. The van der Waals surface area contributed by atoms with Crippen molar-refractivity contribution in [2.24, 2.45) is 0 Å².